The Morgan fingerprint density at radius 2 is 1.88 bits per heavy atom. The number of hydrogen-bond acceptors (Lipinski definition) is 6. The number of hydrogen-bond donors (Lipinski definition) is 2. The van der Waals surface area contributed by atoms with Crippen LogP contribution in [0.15, 0.2) is 48.5 Å². The zero-order chi connectivity index (χ0) is 24.1. The van der Waals surface area contributed by atoms with Crippen molar-refractivity contribution in [3.63, 3.8) is 0 Å². The molecule has 1 fully saturated rings. The number of nitrogens with one attached hydrogen (secondary N) is 2. The van der Waals surface area contributed by atoms with Crippen LogP contribution in [0.4, 0.5) is 15.2 Å². The Kier molecular flexibility index (Phi) is 7.27. The first kappa shape index (κ1) is 23.5. The zero-order valence-electron chi connectivity index (χ0n) is 18.6. The van der Waals surface area contributed by atoms with Gasteiger partial charge in [0.15, 0.2) is 0 Å². The SMILES string of the molecule is CCc1nnc(NC(=O)c2ccccc2NC(=O)[C@H]2CC(=O)N(CCc3ccc(F)cc3)C2)s1. The maximum atomic E-state index is 13.1. The molecule has 1 aliphatic rings. The molecule has 0 aliphatic carbocycles. The smallest absolute Gasteiger partial charge is 0.259 e. The average Bonchev–Trinajstić information content (AvgIpc) is 3.45. The van der Waals surface area contributed by atoms with Crippen LogP contribution in [0.5, 0.6) is 0 Å². The molecule has 1 aromatic heterocycles. The predicted molar refractivity (Wildman–Crippen MR) is 127 cm³/mol. The Morgan fingerprint density at radius 3 is 2.62 bits per heavy atom. The first-order chi connectivity index (χ1) is 16.4. The number of carbonyl (C=O) groups is 3. The van der Waals surface area contributed by atoms with Gasteiger partial charge in [-0.1, -0.05) is 42.5 Å². The van der Waals surface area contributed by atoms with Crippen molar-refractivity contribution >= 4 is 39.9 Å². The number of anilines is 2. The van der Waals surface area contributed by atoms with Crippen LogP contribution in [-0.2, 0) is 22.4 Å². The fourth-order valence-electron chi connectivity index (χ4n) is 3.72. The van der Waals surface area contributed by atoms with E-state index < -0.39 is 11.8 Å². The highest BCUT2D eigenvalue weighted by atomic mass is 32.1. The molecule has 1 atom stereocenters. The topological polar surface area (TPSA) is 104 Å². The molecule has 1 saturated heterocycles. The van der Waals surface area contributed by atoms with Crippen molar-refractivity contribution < 1.29 is 18.8 Å². The number of rotatable bonds is 8. The Bertz CT molecular complexity index is 1200. The van der Waals surface area contributed by atoms with Gasteiger partial charge in [-0.25, -0.2) is 4.39 Å². The van der Waals surface area contributed by atoms with Crippen molar-refractivity contribution in [1.82, 2.24) is 15.1 Å². The van der Waals surface area contributed by atoms with Crippen LogP contribution in [0.2, 0.25) is 0 Å². The normalized spacial score (nSPS) is 15.4. The average molecular weight is 482 g/mol. The second-order valence-corrected chi connectivity index (χ2v) is 9.02. The van der Waals surface area contributed by atoms with Gasteiger partial charge in [0.05, 0.1) is 17.2 Å². The first-order valence-corrected chi connectivity index (χ1v) is 11.8. The van der Waals surface area contributed by atoms with Crippen LogP contribution in [0, 0.1) is 11.7 Å². The fraction of sp³-hybridized carbons (Fsp3) is 0.292. The van der Waals surface area contributed by atoms with E-state index in [9.17, 15) is 18.8 Å². The summed E-state index contributed by atoms with van der Waals surface area (Å²) >= 11 is 1.30. The molecule has 0 bridgehead atoms. The lowest BCUT2D eigenvalue weighted by Crippen LogP contribution is -2.30. The van der Waals surface area contributed by atoms with Gasteiger partial charge in [0.1, 0.15) is 10.8 Å². The van der Waals surface area contributed by atoms with E-state index in [4.69, 9.17) is 0 Å². The maximum Gasteiger partial charge on any atom is 0.259 e. The number of carbonyl (C=O) groups excluding carboxylic acids is 3. The molecule has 34 heavy (non-hydrogen) atoms. The van der Waals surface area contributed by atoms with Crippen molar-refractivity contribution in [2.45, 2.75) is 26.2 Å². The van der Waals surface area contributed by atoms with E-state index in [1.54, 1.807) is 41.3 Å². The maximum absolute atomic E-state index is 13.1. The summed E-state index contributed by atoms with van der Waals surface area (Å²) in [7, 11) is 0. The number of likely N-dealkylation sites (tertiary alicyclic amines) is 1. The van der Waals surface area contributed by atoms with Gasteiger partial charge in [0.25, 0.3) is 5.91 Å². The van der Waals surface area contributed by atoms with Crippen molar-refractivity contribution in [3.05, 3.63) is 70.5 Å². The Hall–Kier alpha value is -3.66. The summed E-state index contributed by atoms with van der Waals surface area (Å²) in [6, 6.07) is 12.8. The molecule has 1 aliphatic heterocycles. The third-order valence-corrected chi connectivity index (χ3v) is 6.57. The van der Waals surface area contributed by atoms with E-state index in [2.05, 4.69) is 20.8 Å². The highest BCUT2D eigenvalue weighted by Crippen LogP contribution is 2.23. The molecule has 2 aromatic carbocycles. The monoisotopic (exact) mass is 481 g/mol. The van der Waals surface area contributed by atoms with E-state index in [0.29, 0.717) is 35.9 Å². The molecule has 3 amide bonds. The second-order valence-electron chi connectivity index (χ2n) is 7.96. The van der Waals surface area contributed by atoms with Gasteiger partial charge in [-0.05, 0) is 42.7 Å². The number of para-hydroxylation sites is 1. The summed E-state index contributed by atoms with van der Waals surface area (Å²) in [5, 5.41) is 14.7. The van der Waals surface area contributed by atoms with E-state index in [1.165, 1.54) is 23.5 Å². The summed E-state index contributed by atoms with van der Waals surface area (Å²) < 4.78 is 13.1. The molecule has 0 radical (unpaired) electrons. The number of benzene rings is 2. The van der Waals surface area contributed by atoms with E-state index in [1.807, 2.05) is 6.92 Å². The van der Waals surface area contributed by atoms with Gasteiger partial charge in [-0.15, -0.1) is 10.2 Å². The molecular weight excluding hydrogens is 457 g/mol. The Labute approximate surface area is 200 Å². The van der Waals surface area contributed by atoms with Gasteiger partial charge in [0.2, 0.25) is 16.9 Å². The van der Waals surface area contributed by atoms with E-state index >= 15 is 0 Å². The number of halogens is 1. The van der Waals surface area contributed by atoms with Gasteiger partial charge < -0.3 is 10.2 Å². The molecule has 2 heterocycles. The number of nitrogens with zero attached hydrogens (tertiary/aromatic N) is 3. The third-order valence-electron chi connectivity index (χ3n) is 5.59. The van der Waals surface area contributed by atoms with Gasteiger partial charge in [-0.2, -0.15) is 0 Å². The molecule has 0 unspecified atom stereocenters. The quantitative estimate of drug-likeness (QED) is 0.512. The van der Waals surface area contributed by atoms with Crippen molar-refractivity contribution in [1.29, 1.82) is 0 Å². The summed E-state index contributed by atoms with van der Waals surface area (Å²) in [6.45, 7) is 2.70. The zero-order valence-corrected chi connectivity index (χ0v) is 19.4. The minimum Gasteiger partial charge on any atom is -0.342 e. The van der Waals surface area contributed by atoms with Crippen molar-refractivity contribution in [3.8, 4) is 0 Å². The third kappa shape index (κ3) is 5.63. The lowest BCUT2D eigenvalue weighted by atomic mass is 10.1. The Morgan fingerprint density at radius 1 is 1.12 bits per heavy atom. The lowest BCUT2D eigenvalue weighted by molar-refractivity contribution is -0.128. The molecule has 8 nitrogen and oxygen atoms in total. The van der Waals surface area contributed by atoms with Crippen LogP contribution in [-0.4, -0.2) is 45.9 Å². The molecule has 176 valence electrons. The molecular formula is C24H24FN5O3S. The number of aromatic nitrogens is 2. The van der Waals surface area contributed by atoms with Crippen molar-refractivity contribution in [2.24, 2.45) is 5.92 Å². The van der Waals surface area contributed by atoms with Crippen LogP contribution in [0.3, 0.4) is 0 Å². The minimum absolute atomic E-state index is 0.101. The second kappa shape index (κ2) is 10.5. The number of aryl methyl sites for hydroxylation is 1. The molecule has 0 spiro atoms. The molecule has 4 rings (SSSR count). The largest absolute Gasteiger partial charge is 0.342 e. The fourth-order valence-corrected chi connectivity index (χ4v) is 4.39. The van der Waals surface area contributed by atoms with Gasteiger partial charge in [0, 0.05) is 19.5 Å². The van der Waals surface area contributed by atoms with Crippen LogP contribution in [0.1, 0.15) is 34.3 Å². The first-order valence-electron chi connectivity index (χ1n) is 11.0. The van der Waals surface area contributed by atoms with Crippen LogP contribution >= 0.6 is 11.3 Å². The standard InChI is InChI=1S/C24H24FN5O3S/c1-2-20-28-29-24(34-20)27-23(33)18-5-3-4-6-19(18)26-22(32)16-13-21(31)30(14-16)12-11-15-7-9-17(25)10-8-15/h3-10,16H,2,11-14H2,1H3,(H,26,32)(H,27,29,33)/t16-/m0/s1. The molecule has 2 N–H and O–H groups in total. The highest BCUT2D eigenvalue weighted by molar-refractivity contribution is 7.15. The van der Waals surface area contributed by atoms with Gasteiger partial charge >= 0.3 is 0 Å². The van der Waals surface area contributed by atoms with Gasteiger partial charge in [-0.3, -0.25) is 19.7 Å². The summed E-state index contributed by atoms with van der Waals surface area (Å²) in [5.74, 6) is -1.65. The minimum atomic E-state index is -0.521. The van der Waals surface area contributed by atoms with Crippen LogP contribution < -0.4 is 10.6 Å². The van der Waals surface area contributed by atoms with Crippen LogP contribution in [0.25, 0.3) is 0 Å². The molecule has 10 heteroatoms. The predicted octanol–water partition coefficient (Wildman–Crippen LogP) is 3.52. The summed E-state index contributed by atoms with van der Waals surface area (Å²) in [4.78, 5) is 39.8. The summed E-state index contributed by atoms with van der Waals surface area (Å²) in [5.41, 5.74) is 1.58. The van der Waals surface area contributed by atoms with Crippen molar-refractivity contribution in [2.75, 3.05) is 23.7 Å². The van der Waals surface area contributed by atoms with E-state index in [0.717, 1.165) is 17.0 Å². The molecule has 0 saturated carbocycles. The highest BCUT2D eigenvalue weighted by Gasteiger charge is 2.34. The Balaban J connectivity index is 1.36. The van der Waals surface area contributed by atoms with E-state index in [-0.39, 0.29) is 24.1 Å². The molecule has 3 aromatic rings. The summed E-state index contributed by atoms with van der Waals surface area (Å²) in [6.07, 6.45) is 1.41. The lowest BCUT2D eigenvalue weighted by Gasteiger charge is -2.17. The number of amides is 3.